The predicted molar refractivity (Wildman–Crippen MR) is 210 cm³/mol. The fourth-order valence-electron chi connectivity index (χ4n) is 6.64. The molecule has 56 heavy (non-hydrogen) atoms. The van der Waals surface area contributed by atoms with Gasteiger partial charge in [0.1, 0.15) is 23.5 Å². The highest BCUT2D eigenvalue weighted by Crippen LogP contribution is 2.26. The molecular weight excluding hydrogens is 720 g/mol. The first-order chi connectivity index (χ1) is 27.1. The first-order valence-electron chi connectivity index (χ1n) is 18.7. The Balaban J connectivity index is 0.860. The average molecular weight is 771 g/mol. The molecule has 1 fully saturated rings. The summed E-state index contributed by atoms with van der Waals surface area (Å²) in [5.41, 5.74) is 17.4. The second-order valence-corrected chi connectivity index (χ2v) is 13.7. The molecule has 4 heterocycles. The third-order valence-electron chi connectivity index (χ3n) is 9.60. The number of amides is 3. The lowest BCUT2D eigenvalue weighted by molar-refractivity contribution is -0.134. The van der Waals surface area contributed by atoms with E-state index in [0.717, 1.165) is 30.6 Å². The number of rotatable bonds is 18. The number of ether oxygens (including phenoxy) is 2. The Bertz CT molecular complexity index is 2020. The standard InChI is InChI=1S/C38H50N12O6/c1-48(23-33(53)49-12-8-42-9-13-49)22-31(51)43-10-15-55-17-16-54-14-7-32(52)50-11-6-26-18-25(2-3-28(26)21-50)20-44-37-34(36(40)45-24-46-37)35(39)27-4-5-30-29(19-27)47-38(41)56-30/h2-5,18-19,24,39,42H,6-17,20-23H2,1H3,(H2,41,47)(H,43,51)(H3,40,44,45,46). The molecule has 298 valence electrons. The molecule has 2 aromatic heterocycles. The van der Waals surface area contributed by atoms with Crippen molar-refractivity contribution in [3.63, 3.8) is 0 Å². The third-order valence-corrected chi connectivity index (χ3v) is 9.60. The lowest BCUT2D eigenvalue weighted by atomic mass is 9.97. The maximum Gasteiger partial charge on any atom is 0.292 e. The minimum absolute atomic E-state index is 0.0295. The third kappa shape index (κ3) is 10.7. The zero-order valence-corrected chi connectivity index (χ0v) is 31.6. The summed E-state index contributed by atoms with van der Waals surface area (Å²) in [6, 6.07) is 11.4. The maximum absolute atomic E-state index is 13.0. The molecule has 0 unspecified atom stereocenters. The molecule has 18 nitrogen and oxygen atoms in total. The molecule has 18 heteroatoms. The summed E-state index contributed by atoms with van der Waals surface area (Å²) in [4.78, 5) is 55.6. The van der Waals surface area contributed by atoms with Gasteiger partial charge in [-0.15, -0.1) is 0 Å². The van der Waals surface area contributed by atoms with Gasteiger partial charge in [0.2, 0.25) is 17.7 Å². The van der Waals surface area contributed by atoms with Crippen LogP contribution in [-0.4, -0.2) is 139 Å². The number of nitrogen functional groups attached to an aromatic ring is 2. The number of hydrogen-bond acceptors (Lipinski definition) is 15. The molecule has 0 aliphatic carbocycles. The van der Waals surface area contributed by atoms with Crippen molar-refractivity contribution < 1.29 is 28.3 Å². The summed E-state index contributed by atoms with van der Waals surface area (Å²) in [5.74, 6) is 0.511. The highest BCUT2D eigenvalue weighted by molar-refractivity contribution is 6.17. The highest BCUT2D eigenvalue weighted by Gasteiger charge is 2.22. The zero-order chi connectivity index (χ0) is 39.4. The van der Waals surface area contributed by atoms with Crippen LogP contribution in [0.2, 0.25) is 0 Å². The number of aromatic nitrogens is 3. The second kappa shape index (κ2) is 19.3. The number of carbonyl (C=O) groups is 3. The lowest BCUT2D eigenvalue weighted by Crippen LogP contribution is -2.50. The van der Waals surface area contributed by atoms with Crippen LogP contribution in [0.3, 0.4) is 0 Å². The van der Waals surface area contributed by atoms with Crippen LogP contribution < -0.4 is 27.4 Å². The van der Waals surface area contributed by atoms with Gasteiger partial charge in [0.05, 0.1) is 57.2 Å². The van der Waals surface area contributed by atoms with Crippen LogP contribution in [-0.2, 0) is 43.4 Å². The van der Waals surface area contributed by atoms with Crippen LogP contribution >= 0.6 is 0 Å². The number of nitrogens with two attached hydrogens (primary N) is 2. The van der Waals surface area contributed by atoms with Gasteiger partial charge in [-0.2, -0.15) is 4.98 Å². The number of benzene rings is 2. The monoisotopic (exact) mass is 770 g/mol. The van der Waals surface area contributed by atoms with E-state index in [-0.39, 0.29) is 54.8 Å². The normalized spacial score (nSPS) is 14.2. The molecule has 4 aromatic rings. The molecule has 0 saturated carbocycles. The summed E-state index contributed by atoms with van der Waals surface area (Å²) in [6.45, 7) is 6.58. The van der Waals surface area contributed by atoms with Gasteiger partial charge in [-0.05, 0) is 48.4 Å². The van der Waals surface area contributed by atoms with Crippen molar-refractivity contribution in [3.8, 4) is 0 Å². The summed E-state index contributed by atoms with van der Waals surface area (Å²) >= 11 is 0. The van der Waals surface area contributed by atoms with E-state index in [4.69, 9.17) is 30.8 Å². The Morgan fingerprint density at radius 3 is 2.57 bits per heavy atom. The van der Waals surface area contributed by atoms with Crippen LogP contribution in [0, 0.1) is 5.41 Å². The van der Waals surface area contributed by atoms with Gasteiger partial charge in [-0.3, -0.25) is 24.7 Å². The molecule has 8 N–H and O–H groups in total. The molecule has 2 aromatic carbocycles. The first kappa shape index (κ1) is 40.0. The van der Waals surface area contributed by atoms with Crippen molar-refractivity contribution in [1.82, 2.24) is 40.3 Å². The highest BCUT2D eigenvalue weighted by atomic mass is 16.5. The average Bonchev–Trinajstić information content (AvgIpc) is 3.58. The van der Waals surface area contributed by atoms with Gasteiger partial charge in [-0.25, -0.2) is 9.97 Å². The van der Waals surface area contributed by atoms with E-state index in [1.807, 2.05) is 21.9 Å². The van der Waals surface area contributed by atoms with Gasteiger partial charge in [0.15, 0.2) is 5.58 Å². The van der Waals surface area contributed by atoms with Crippen LogP contribution in [0.15, 0.2) is 47.1 Å². The van der Waals surface area contributed by atoms with Gasteiger partial charge < -0.3 is 51.1 Å². The number of hydrogen-bond donors (Lipinski definition) is 6. The van der Waals surface area contributed by atoms with Crippen molar-refractivity contribution >= 4 is 52.2 Å². The fourth-order valence-corrected chi connectivity index (χ4v) is 6.64. The molecule has 0 spiro atoms. The Morgan fingerprint density at radius 2 is 1.75 bits per heavy atom. The Morgan fingerprint density at radius 1 is 0.946 bits per heavy atom. The number of piperazine rings is 1. The number of anilines is 3. The van der Waals surface area contributed by atoms with Crippen molar-refractivity contribution in [3.05, 3.63) is 70.5 Å². The van der Waals surface area contributed by atoms with E-state index in [2.05, 4.69) is 37.0 Å². The quantitative estimate of drug-likeness (QED) is 0.0600. The van der Waals surface area contributed by atoms with Crippen LogP contribution in [0.4, 0.5) is 17.7 Å². The topological polar surface area (TPSA) is 243 Å². The number of nitrogens with one attached hydrogen (secondary N) is 4. The van der Waals surface area contributed by atoms with E-state index in [1.165, 1.54) is 11.9 Å². The summed E-state index contributed by atoms with van der Waals surface area (Å²) < 4.78 is 16.5. The molecule has 2 aliphatic heterocycles. The number of fused-ring (bicyclic) bond motifs is 2. The van der Waals surface area contributed by atoms with E-state index in [9.17, 15) is 14.4 Å². The minimum atomic E-state index is -0.166. The molecule has 1 saturated heterocycles. The van der Waals surface area contributed by atoms with Crippen LogP contribution in [0.5, 0.6) is 0 Å². The van der Waals surface area contributed by atoms with Crippen LogP contribution in [0.25, 0.3) is 11.1 Å². The Labute approximate surface area is 324 Å². The van der Waals surface area contributed by atoms with Crippen molar-refractivity contribution in [2.75, 3.05) is 103 Å². The van der Waals surface area contributed by atoms with E-state index >= 15 is 0 Å². The molecule has 2 aliphatic rings. The number of nitrogens with zero attached hydrogens (tertiary/aromatic N) is 6. The maximum atomic E-state index is 13.0. The van der Waals surface area contributed by atoms with Crippen molar-refractivity contribution in [2.24, 2.45) is 0 Å². The smallest absolute Gasteiger partial charge is 0.292 e. The molecular formula is C38H50N12O6. The Hall–Kier alpha value is -5.69. The number of carbonyl (C=O) groups excluding carboxylic acids is 3. The summed E-state index contributed by atoms with van der Waals surface area (Å²) in [5, 5.41) is 18.2. The van der Waals surface area contributed by atoms with Crippen molar-refractivity contribution in [2.45, 2.75) is 25.9 Å². The summed E-state index contributed by atoms with van der Waals surface area (Å²) in [7, 11) is 1.76. The number of likely N-dealkylation sites (N-methyl/N-ethyl adjacent to an activating group) is 1. The van der Waals surface area contributed by atoms with Crippen molar-refractivity contribution in [1.29, 1.82) is 5.41 Å². The molecule has 6 rings (SSSR count). The van der Waals surface area contributed by atoms with E-state index in [1.54, 1.807) is 30.1 Å². The van der Waals surface area contributed by atoms with Gasteiger partial charge in [-0.1, -0.05) is 18.2 Å². The van der Waals surface area contributed by atoms with Gasteiger partial charge in [0.25, 0.3) is 6.01 Å². The molecule has 0 bridgehead atoms. The number of oxazole rings is 1. The predicted octanol–water partition coefficient (Wildman–Crippen LogP) is 0.598. The molecule has 0 radical (unpaired) electrons. The fraction of sp³-hybridized carbons (Fsp3) is 0.447. The van der Waals surface area contributed by atoms with Gasteiger partial charge in [0, 0.05) is 57.9 Å². The molecule has 0 atom stereocenters. The first-order valence-corrected chi connectivity index (χ1v) is 18.7. The summed E-state index contributed by atoms with van der Waals surface area (Å²) in [6.07, 6.45) is 2.37. The lowest BCUT2D eigenvalue weighted by Gasteiger charge is -2.29. The second-order valence-electron chi connectivity index (χ2n) is 13.7. The molecule has 3 amide bonds. The van der Waals surface area contributed by atoms with E-state index < -0.39 is 0 Å². The Kier molecular flexibility index (Phi) is 13.7. The SMILES string of the molecule is CN(CC(=O)NCCOCCOCCC(=O)N1CCc2cc(CNc3ncnc(N)c3C(=N)c3ccc4oc(N)nc4c3)ccc2C1)CC(=O)N1CCNCC1. The van der Waals surface area contributed by atoms with Gasteiger partial charge >= 0.3 is 0 Å². The van der Waals surface area contributed by atoms with Crippen LogP contribution in [0.1, 0.15) is 34.2 Å². The zero-order valence-electron chi connectivity index (χ0n) is 31.6. The largest absolute Gasteiger partial charge is 0.424 e. The van der Waals surface area contributed by atoms with E-state index in [0.29, 0.717) is 93.7 Å². The minimum Gasteiger partial charge on any atom is -0.424 e.